The summed E-state index contributed by atoms with van der Waals surface area (Å²) in [4.78, 5) is 23.8. The maximum Gasteiger partial charge on any atom is 0.272 e. The van der Waals surface area contributed by atoms with Gasteiger partial charge >= 0.3 is 0 Å². The highest BCUT2D eigenvalue weighted by atomic mass is 16.2. The number of para-hydroxylation sites is 1. The van der Waals surface area contributed by atoms with Crippen LogP contribution in [0.4, 0.5) is 0 Å². The van der Waals surface area contributed by atoms with Gasteiger partial charge in [0.15, 0.2) is 5.69 Å². The van der Waals surface area contributed by atoms with Crippen LogP contribution in [0.1, 0.15) is 17.4 Å². The molecule has 22 heavy (non-hydrogen) atoms. The number of benzene rings is 1. The SMILES string of the molecule is CNCC(C)C(=O)NCCNC(=O)c1n[nH]c2ccccc12. The molecule has 1 heterocycles. The molecule has 0 saturated heterocycles. The largest absolute Gasteiger partial charge is 0.354 e. The van der Waals surface area contributed by atoms with E-state index in [4.69, 9.17) is 0 Å². The number of rotatable bonds is 7. The molecule has 0 aliphatic rings. The van der Waals surface area contributed by atoms with E-state index in [9.17, 15) is 9.59 Å². The molecular weight excluding hydrogens is 282 g/mol. The normalized spacial score (nSPS) is 12.1. The van der Waals surface area contributed by atoms with E-state index in [0.717, 1.165) is 10.9 Å². The topological polar surface area (TPSA) is 98.9 Å². The average molecular weight is 303 g/mol. The lowest BCUT2D eigenvalue weighted by Crippen LogP contribution is -2.39. The summed E-state index contributed by atoms with van der Waals surface area (Å²) in [6.07, 6.45) is 0. The molecule has 0 aliphatic carbocycles. The molecule has 0 fully saturated rings. The minimum Gasteiger partial charge on any atom is -0.354 e. The third-order valence-electron chi connectivity index (χ3n) is 3.35. The van der Waals surface area contributed by atoms with Gasteiger partial charge in [-0.1, -0.05) is 25.1 Å². The third-order valence-corrected chi connectivity index (χ3v) is 3.35. The second kappa shape index (κ2) is 7.56. The lowest BCUT2D eigenvalue weighted by atomic mass is 10.1. The summed E-state index contributed by atoms with van der Waals surface area (Å²) in [6.45, 7) is 3.22. The van der Waals surface area contributed by atoms with Crippen molar-refractivity contribution in [3.05, 3.63) is 30.0 Å². The number of aromatic nitrogens is 2. The summed E-state index contributed by atoms with van der Waals surface area (Å²) in [7, 11) is 1.80. The summed E-state index contributed by atoms with van der Waals surface area (Å²) < 4.78 is 0. The van der Waals surface area contributed by atoms with Crippen LogP contribution < -0.4 is 16.0 Å². The van der Waals surface area contributed by atoms with Crippen LogP contribution in [0, 0.1) is 5.92 Å². The van der Waals surface area contributed by atoms with Crippen LogP contribution in [-0.4, -0.2) is 48.7 Å². The summed E-state index contributed by atoms with van der Waals surface area (Å²) in [5.74, 6) is -0.389. The van der Waals surface area contributed by atoms with Crippen molar-refractivity contribution in [1.82, 2.24) is 26.1 Å². The molecule has 1 aromatic carbocycles. The molecule has 7 heteroatoms. The second-order valence-electron chi connectivity index (χ2n) is 5.12. The smallest absolute Gasteiger partial charge is 0.272 e. The van der Waals surface area contributed by atoms with Gasteiger partial charge < -0.3 is 16.0 Å². The quantitative estimate of drug-likeness (QED) is 0.552. The van der Waals surface area contributed by atoms with Crippen LogP contribution in [-0.2, 0) is 4.79 Å². The van der Waals surface area contributed by atoms with E-state index in [1.807, 2.05) is 31.2 Å². The Kier molecular flexibility index (Phi) is 5.48. The second-order valence-corrected chi connectivity index (χ2v) is 5.12. The summed E-state index contributed by atoms with van der Waals surface area (Å²) >= 11 is 0. The van der Waals surface area contributed by atoms with Crippen molar-refractivity contribution in [2.75, 3.05) is 26.7 Å². The molecule has 1 aromatic heterocycles. The number of fused-ring (bicyclic) bond motifs is 1. The molecule has 0 radical (unpaired) electrons. The molecule has 1 unspecified atom stereocenters. The van der Waals surface area contributed by atoms with Crippen LogP contribution in [0.2, 0.25) is 0 Å². The fourth-order valence-electron chi connectivity index (χ4n) is 2.16. The van der Waals surface area contributed by atoms with E-state index in [2.05, 4.69) is 26.1 Å². The first-order valence-electron chi connectivity index (χ1n) is 7.27. The first-order valence-corrected chi connectivity index (χ1v) is 7.27. The van der Waals surface area contributed by atoms with Crippen LogP contribution in [0.15, 0.2) is 24.3 Å². The molecule has 0 bridgehead atoms. The number of hydrogen-bond acceptors (Lipinski definition) is 4. The molecule has 118 valence electrons. The van der Waals surface area contributed by atoms with Gasteiger partial charge in [-0.05, 0) is 13.1 Å². The average Bonchev–Trinajstić information content (AvgIpc) is 2.95. The van der Waals surface area contributed by atoms with Crippen molar-refractivity contribution < 1.29 is 9.59 Å². The Labute approximate surface area is 128 Å². The molecule has 7 nitrogen and oxygen atoms in total. The Balaban J connectivity index is 1.80. The monoisotopic (exact) mass is 303 g/mol. The Hall–Kier alpha value is -2.41. The predicted octanol–water partition coefficient (Wildman–Crippen LogP) is 0.264. The van der Waals surface area contributed by atoms with Gasteiger partial charge in [-0.25, -0.2) is 0 Å². The number of carbonyl (C=O) groups is 2. The Morgan fingerprint density at radius 2 is 1.95 bits per heavy atom. The van der Waals surface area contributed by atoms with Gasteiger partial charge in [0, 0.05) is 30.9 Å². The van der Waals surface area contributed by atoms with Crippen molar-refractivity contribution >= 4 is 22.7 Å². The van der Waals surface area contributed by atoms with E-state index in [1.54, 1.807) is 7.05 Å². The van der Waals surface area contributed by atoms with E-state index in [1.165, 1.54) is 0 Å². The number of aromatic amines is 1. The van der Waals surface area contributed by atoms with Gasteiger partial charge in [0.25, 0.3) is 5.91 Å². The lowest BCUT2D eigenvalue weighted by Gasteiger charge is -2.11. The molecule has 4 N–H and O–H groups in total. The number of H-pyrrole nitrogens is 1. The van der Waals surface area contributed by atoms with E-state index < -0.39 is 0 Å². The Bertz CT molecular complexity index is 652. The highest BCUT2D eigenvalue weighted by Gasteiger charge is 2.14. The van der Waals surface area contributed by atoms with Crippen molar-refractivity contribution in [3.8, 4) is 0 Å². The number of amides is 2. The molecule has 1 atom stereocenters. The van der Waals surface area contributed by atoms with Gasteiger partial charge in [0.1, 0.15) is 0 Å². The Morgan fingerprint density at radius 1 is 1.23 bits per heavy atom. The highest BCUT2D eigenvalue weighted by molar-refractivity contribution is 6.04. The zero-order chi connectivity index (χ0) is 15.9. The molecule has 0 saturated carbocycles. The molecule has 2 aromatic rings. The molecule has 2 amide bonds. The van der Waals surface area contributed by atoms with Crippen LogP contribution in [0.3, 0.4) is 0 Å². The van der Waals surface area contributed by atoms with Gasteiger partial charge in [0.05, 0.1) is 5.52 Å². The zero-order valence-corrected chi connectivity index (χ0v) is 12.8. The zero-order valence-electron chi connectivity index (χ0n) is 12.8. The van der Waals surface area contributed by atoms with Gasteiger partial charge in [-0.2, -0.15) is 5.10 Å². The maximum absolute atomic E-state index is 12.1. The number of nitrogens with one attached hydrogen (secondary N) is 4. The minimum absolute atomic E-state index is 0.0335. The van der Waals surface area contributed by atoms with Crippen molar-refractivity contribution in [2.45, 2.75) is 6.92 Å². The Morgan fingerprint density at radius 3 is 2.73 bits per heavy atom. The summed E-state index contributed by atoms with van der Waals surface area (Å²) in [5.41, 5.74) is 1.19. The van der Waals surface area contributed by atoms with Crippen molar-refractivity contribution in [2.24, 2.45) is 5.92 Å². The standard InChI is InChI=1S/C15H21N5O2/c1-10(9-16-2)14(21)17-7-8-18-15(22)13-11-5-3-4-6-12(11)19-20-13/h3-6,10,16H,7-9H2,1-2H3,(H,17,21)(H,18,22)(H,19,20). The van der Waals surface area contributed by atoms with E-state index in [0.29, 0.717) is 25.3 Å². The van der Waals surface area contributed by atoms with Crippen LogP contribution in [0.5, 0.6) is 0 Å². The lowest BCUT2D eigenvalue weighted by molar-refractivity contribution is -0.124. The first kappa shape index (κ1) is 16.0. The summed E-state index contributed by atoms with van der Waals surface area (Å²) in [6, 6.07) is 7.44. The molecule has 0 spiro atoms. The highest BCUT2D eigenvalue weighted by Crippen LogP contribution is 2.14. The molecule has 2 rings (SSSR count). The van der Waals surface area contributed by atoms with Crippen molar-refractivity contribution in [3.63, 3.8) is 0 Å². The molecule has 0 aliphatic heterocycles. The number of nitrogens with zero attached hydrogens (tertiary/aromatic N) is 1. The van der Waals surface area contributed by atoms with Crippen LogP contribution >= 0.6 is 0 Å². The van der Waals surface area contributed by atoms with Gasteiger partial charge in [-0.15, -0.1) is 0 Å². The molecular formula is C15H21N5O2. The number of hydrogen-bond donors (Lipinski definition) is 4. The maximum atomic E-state index is 12.1. The minimum atomic E-state index is -0.255. The fraction of sp³-hybridized carbons (Fsp3) is 0.400. The van der Waals surface area contributed by atoms with Gasteiger partial charge in [0.2, 0.25) is 5.91 Å². The predicted molar refractivity (Wildman–Crippen MR) is 84.5 cm³/mol. The van der Waals surface area contributed by atoms with E-state index in [-0.39, 0.29) is 17.7 Å². The fourth-order valence-corrected chi connectivity index (χ4v) is 2.16. The summed E-state index contributed by atoms with van der Waals surface area (Å²) in [5, 5.41) is 16.1. The third kappa shape index (κ3) is 3.82. The number of carbonyl (C=O) groups excluding carboxylic acids is 2. The van der Waals surface area contributed by atoms with E-state index >= 15 is 0 Å². The van der Waals surface area contributed by atoms with Gasteiger partial charge in [-0.3, -0.25) is 14.7 Å². The van der Waals surface area contributed by atoms with Crippen LogP contribution in [0.25, 0.3) is 10.9 Å². The first-order chi connectivity index (χ1) is 10.6. The van der Waals surface area contributed by atoms with Crippen molar-refractivity contribution in [1.29, 1.82) is 0 Å².